The van der Waals surface area contributed by atoms with Crippen LogP contribution >= 0.6 is 0 Å². The van der Waals surface area contributed by atoms with Gasteiger partial charge in [-0.05, 0) is 82.1 Å². The van der Waals surface area contributed by atoms with Crippen molar-refractivity contribution in [1.82, 2.24) is 19.1 Å². The molecule has 240 valence electrons. The van der Waals surface area contributed by atoms with Gasteiger partial charge in [0.15, 0.2) is 0 Å². The molecule has 7 aromatic carbocycles. The van der Waals surface area contributed by atoms with E-state index in [1.807, 2.05) is 18.6 Å². The molecule has 12 rings (SSSR count). The quantitative estimate of drug-likeness (QED) is 0.189. The number of pyridine rings is 2. The van der Waals surface area contributed by atoms with E-state index in [0.717, 1.165) is 39.1 Å². The number of rotatable bonds is 3. The second-order valence-corrected chi connectivity index (χ2v) is 13.8. The summed E-state index contributed by atoms with van der Waals surface area (Å²) in [4.78, 5) is 9.59. The lowest BCUT2D eigenvalue weighted by atomic mass is 9.99. The molecule has 0 radical (unpaired) electrons. The van der Waals surface area contributed by atoms with Crippen LogP contribution in [0.5, 0.6) is 0 Å². The van der Waals surface area contributed by atoms with Gasteiger partial charge in [0.05, 0.1) is 39.6 Å². The van der Waals surface area contributed by atoms with Gasteiger partial charge in [-0.1, -0.05) is 97.1 Å². The summed E-state index contributed by atoms with van der Waals surface area (Å²) in [5.74, 6) is 0. The molecule has 4 nitrogen and oxygen atoms in total. The van der Waals surface area contributed by atoms with Crippen molar-refractivity contribution in [3.63, 3.8) is 0 Å². The van der Waals surface area contributed by atoms with E-state index >= 15 is 0 Å². The first-order valence-corrected chi connectivity index (χ1v) is 17.7. The van der Waals surface area contributed by atoms with Crippen LogP contribution in [-0.2, 0) is 0 Å². The highest BCUT2D eigenvalue weighted by Crippen LogP contribution is 2.47. The van der Waals surface area contributed by atoms with Crippen molar-refractivity contribution >= 4 is 65.2 Å². The topological polar surface area (TPSA) is 35.6 Å². The zero-order chi connectivity index (χ0) is 33.9. The van der Waals surface area contributed by atoms with Crippen molar-refractivity contribution in [3.8, 4) is 44.9 Å². The van der Waals surface area contributed by atoms with Gasteiger partial charge < -0.3 is 9.13 Å². The van der Waals surface area contributed by atoms with Crippen LogP contribution in [0.2, 0.25) is 0 Å². The van der Waals surface area contributed by atoms with Crippen LogP contribution in [0.3, 0.4) is 0 Å². The van der Waals surface area contributed by atoms with Gasteiger partial charge >= 0.3 is 0 Å². The molecule has 1 aliphatic carbocycles. The third-order valence-corrected chi connectivity index (χ3v) is 11.1. The summed E-state index contributed by atoms with van der Waals surface area (Å²) in [6, 6.07) is 55.3. The summed E-state index contributed by atoms with van der Waals surface area (Å²) >= 11 is 0. The first kappa shape index (κ1) is 27.7. The second kappa shape index (κ2) is 10.3. The van der Waals surface area contributed by atoms with Gasteiger partial charge in [-0.25, -0.2) is 0 Å². The van der Waals surface area contributed by atoms with Crippen LogP contribution in [0.15, 0.2) is 170 Å². The Labute approximate surface area is 298 Å². The van der Waals surface area contributed by atoms with Crippen molar-refractivity contribution in [2.45, 2.75) is 0 Å². The first-order chi connectivity index (χ1) is 25.8. The minimum atomic E-state index is 1.00. The van der Waals surface area contributed by atoms with Crippen LogP contribution in [-0.4, -0.2) is 19.1 Å². The number of benzene rings is 7. The molecule has 11 aromatic rings. The molecular weight excluding hydrogens is 633 g/mol. The minimum Gasteiger partial charge on any atom is -0.309 e. The monoisotopic (exact) mass is 660 g/mol. The van der Waals surface area contributed by atoms with Gasteiger partial charge in [0.1, 0.15) is 0 Å². The van der Waals surface area contributed by atoms with Crippen molar-refractivity contribution in [3.05, 3.63) is 170 Å². The Morgan fingerprint density at radius 1 is 0.365 bits per heavy atom. The molecule has 0 saturated heterocycles. The molecule has 0 aliphatic heterocycles. The highest BCUT2D eigenvalue weighted by Gasteiger charge is 2.24. The summed E-state index contributed by atoms with van der Waals surface area (Å²) in [5.41, 5.74) is 13.9. The fourth-order valence-corrected chi connectivity index (χ4v) is 8.89. The Morgan fingerprint density at radius 2 is 1.06 bits per heavy atom. The zero-order valence-corrected chi connectivity index (χ0v) is 28.0. The molecule has 4 aromatic heterocycles. The first-order valence-electron chi connectivity index (χ1n) is 17.7. The van der Waals surface area contributed by atoms with Gasteiger partial charge in [0.25, 0.3) is 0 Å². The average molecular weight is 661 g/mol. The Morgan fingerprint density at radius 3 is 1.94 bits per heavy atom. The molecule has 0 amide bonds. The van der Waals surface area contributed by atoms with E-state index in [1.54, 1.807) is 0 Å². The second-order valence-electron chi connectivity index (χ2n) is 13.8. The van der Waals surface area contributed by atoms with Gasteiger partial charge in [0, 0.05) is 61.5 Å². The summed E-state index contributed by atoms with van der Waals surface area (Å²) in [7, 11) is 0. The van der Waals surface area contributed by atoms with Crippen LogP contribution in [0.25, 0.3) is 110 Å². The van der Waals surface area contributed by atoms with E-state index in [1.165, 1.54) is 70.9 Å². The van der Waals surface area contributed by atoms with E-state index in [9.17, 15) is 0 Å². The van der Waals surface area contributed by atoms with Crippen LogP contribution in [0, 0.1) is 0 Å². The molecule has 1 aliphatic rings. The van der Waals surface area contributed by atoms with Crippen LogP contribution in [0.1, 0.15) is 0 Å². The van der Waals surface area contributed by atoms with Crippen molar-refractivity contribution in [1.29, 1.82) is 0 Å². The Kier molecular flexibility index (Phi) is 5.47. The highest BCUT2D eigenvalue weighted by molar-refractivity contribution is 6.22. The maximum Gasteiger partial charge on any atom is 0.0804 e. The zero-order valence-electron chi connectivity index (χ0n) is 28.0. The molecule has 4 heterocycles. The van der Waals surface area contributed by atoms with Crippen molar-refractivity contribution in [2.75, 3.05) is 0 Å². The average Bonchev–Trinajstić information content (AvgIpc) is 3.84. The van der Waals surface area contributed by atoms with Crippen molar-refractivity contribution < 1.29 is 0 Å². The normalized spacial score (nSPS) is 12.2. The smallest absolute Gasteiger partial charge is 0.0804 e. The molecule has 4 heteroatoms. The summed E-state index contributed by atoms with van der Waals surface area (Å²) in [6.07, 6.45) is 5.91. The lowest BCUT2D eigenvalue weighted by molar-refractivity contribution is 1.15. The third kappa shape index (κ3) is 3.70. The summed E-state index contributed by atoms with van der Waals surface area (Å²) in [5, 5.41) is 9.90. The minimum absolute atomic E-state index is 1.00. The standard InChI is InChI=1S/C48H28N4/c1-2-11-33(12-3-1)51-44-21-19-31(24-40(44)47-35-13-5-4-9-29(35)17-22-45(47)51)30-18-20-43-38(23-30)36-14-6-7-16-42(36)52(43)34-25-39-37-15-8-10-32-26-49-28-41(46(32)37)48(39)50-27-34/h1-28H. The summed E-state index contributed by atoms with van der Waals surface area (Å²) in [6.45, 7) is 0. The lowest BCUT2D eigenvalue weighted by Gasteiger charge is -2.11. The summed E-state index contributed by atoms with van der Waals surface area (Å²) < 4.78 is 4.77. The number of aromatic nitrogens is 4. The number of hydrogen-bond acceptors (Lipinski definition) is 2. The largest absolute Gasteiger partial charge is 0.309 e. The number of nitrogens with zero attached hydrogens (tertiary/aromatic N) is 4. The van der Waals surface area contributed by atoms with E-state index in [-0.39, 0.29) is 0 Å². The molecule has 0 N–H and O–H groups in total. The maximum atomic E-state index is 5.07. The van der Waals surface area contributed by atoms with E-state index in [2.05, 4.69) is 166 Å². The number of fused-ring (bicyclic) bond motifs is 11. The van der Waals surface area contributed by atoms with Crippen molar-refractivity contribution in [2.24, 2.45) is 0 Å². The van der Waals surface area contributed by atoms with Gasteiger partial charge in [0.2, 0.25) is 0 Å². The molecular formula is C48H28N4. The molecule has 0 saturated carbocycles. The molecule has 0 atom stereocenters. The van der Waals surface area contributed by atoms with Gasteiger partial charge in [-0.3, -0.25) is 9.97 Å². The van der Waals surface area contributed by atoms with E-state index in [4.69, 9.17) is 4.98 Å². The maximum absolute atomic E-state index is 5.07. The fraction of sp³-hybridized carbons (Fsp3) is 0. The van der Waals surface area contributed by atoms with E-state index < -0.39 is 0 Å². The predicted molar refractivity (Wildman–Crippen MR) is 216 cm³/mol. The Bertz CT molecular complexity index is 3290. The Hall–Kier alpha value is -7.04. The third-order valence-electron chi connectivity index (χ3n) is 11.1. The molecule has 0 spiro atoms. The van der Waals surface area contributed by atoms with Crippen LogP contribution in [0.4, 0.5) is 0 Å². The highest BCUT2D eigenvalue weighted by atomic mass is 15.0. The van der Waals surface area contributed by atoms with E-state index in [0.29, 0.717) is 0 Å². The fourth-order valence-electron chi connectivity index (χ4n) is 8.89. The molecule has 0 bridgehead atoms. The van der Waals surface area contributed by atoms with Gasteiger partial charge in [-0.15, -0.1) is 0 Å². The SMILES string of the molecule is c1ccc(-n2c3ccc(-c4ccc5c(c4)c4ccccc4n5-c4cnc5c(c4)-c4cccc6cncc-5c46)cc3c3c4ccccc4ccc32)cc1. The predicted octanol–water partition coefficient (Wildman–Crippen LogP) is 12.3. The number of hydrogen-bond donors (Lipinski definition) is 0. The number of para-hydroxylation sites is 2. The Balaban J connectivity index is 1.07. The molecule has 0 unspecified atom stereocenters. The molecule has 0 fully saturated rings. The lowest BCUT2D eigenvalue weighted by Crippen LogP contribution is -1.96. The van der Waals surface area contributed by atoms with Gasteiger partial charge in [-0.2, -0.15) is 0 Å². The van der Waals surface area contributed by atoms with Crippen LogP contribution < -0.4 is 0 Å². The molecule has 52 heavy (non-hydrogen) atoms.